The van der Waals surface area contributed by atoms with Crippen molar-refractivity contribution in [3.63, 3.8) is 0 Å². The second-order valence-corrected chi connectivity index (χ2v) is 9.10. The number of ketones is 1. The molecule has 0 spiro atoms. The molecule has 0 bridgehead atoms. The maximum Gasteiger partial charge on any atom is 0.340 e. The molecule has 1 N–H and O–H groups in total. The predicted octanol–water partition coefficient (Wildman–Crippen LogP) is 5.07. The summed E-state index contributed by atoms with van der Waals surface area (Å²) in [5.74, 6) is -5.52. The lowest BCUT2D eigenvalue weighted by Crippen LogP contribution is -2.55. The summed E-state index contributed by atoms with van der Waals surface area (Å²) in [6.07, 6.45) is 8.71. The Morgan fingerprint density at radius 2 is 1.14 bits per heavy atom. The van der Waals surface area contributed by atoms with E-state index < -0.39 is 41.6 Å². The van der Waals surface area contributed by atoms with E-state index in [1.807, 2.05) is 20.8 Å². The van der Waals surface area contributed by atoms with Crippen LogP contribution in [0.3, 0.4) is 0 Å². The fourth-order valence-electron chi connectivity index (χ4n) is 3.54. The number of hydrogen-bond donors (Lipinski definition) is 1. The molecule has 0 saturated heterocycles. The smallest absolute Gasteiger partial charge is 0.340 e. The van der Waals surface area contributed by atoms with Gasteiger partial charge in [0, 0.05) is 6.42 Å². The lowest BCUT2D eigenvalue weighted by molar-refractivity contribution is -0.188. The van der Waals surface area contributed by atoms with Gasteiger partial charge in [0.25, 0.3) is 0 Å². The number of unbranched alkanes of at least 4 members (excludes halogenated alkanes) is 8. The van der Waals surface area contributed by atoms with Crippen LogP contribution in [0, 0.1) is 5.92 Å². The van der Waals surface area contributed by atoms with Crippen molar-refractivity contribution in [3.8, 4) is 0 Å². The third-order valence-corrected chi connectivity index (χ3v) is 5.81. The van der Waals surface area contributed by atoms with Gasteiger partial charge in [-0.25, -0.2) is 4.79 Å². The molecule has 0 radical (unpaired) electrons. The van der Waals surface area contributed by atoms with Crippen molar-refractivity contribution in [1.29, 1.82) is 0 Å². The van der Waals surface area contributed by atoms with Gasteiger partial charge in [-0.15, -0.1) is 0 Å². The van der Waals surface area contributed by atoms with Crippen LogP contribution in [-0.4, -0.2) is 54.2 Å². The number of carbonyl (C=O) groups is 4. The molecule has 0 amide bonds. The van der Waals surface area contributed by atoms with E-state index in [9.17, 15) is 24.3 Å². The van der Waals surface area contributed by atoms with Crippen LogP contribution in [0.1, 0.15) is 118 Å². The van der Waals surface area contributed by atoms with Gasteiger partial charge in [0.05, 0.1) is 26.2 Å². The van der Waals surface area contributed by atoms with E-state index in [2.05, 4.69) is 6.92 Å². The highest BCUT2D eigenvalue weighted by atomic mass is 16.6. The third-order valence-electron chi connectivity index (χ3n) is 5.81. The Labute approximate surface area is 211 Å². The van der Waals surface area contributed by atoms with Gasteiger partial charge in [-0.1, -0.05) is 79.1 Å². The molecule has 0 aromatic heterocycles. The Hall–Kier alpha value is -1.96. The molecule has 0 aromatic rings. The van der Waals surface area contributed by atoms with Crippen LogP contribution < -0.4 is 0 Å². The summed E-state index contributed by atoms with van der Waals surface area (Å²) in [7, 11) is 0. The molecule has 8 heteroatoms. The van der Waals surface area contributed by atoms with E-state index in [-0.39, 0.29) is 26.2 Å². The average molecular weight is 501 g/mol. The number of rotatable bonds is 22. The number of ether oxygens (including phenoxy) is 3. The fourth-order valence-corrected chi connectivity index (χ4v) is 3.54. The molecule has 2 atom stereocenters. The molecule has 0 aliphatic heterocycles. The molecule has 204 valence electrons. The summed E-state index contributed by atoms with van der Waals surface area (Å²) in [6.45, 7) is 8.05. The van der Waals surface area contributed by atoms with Gasteiger partial charge in [0.1, 0.15) is 0 Å². The molecule has 35 heavy (non-hydrogen) atoms. The van der Waals surface area contributed by atoms with Crippen molar-refractivity contribution in [3.05, 3.63) is 0 Å². The Bertz CT molecular complexity index is 618. The maximum atomic E-state index is 13.2. The molecule has 0 saturated carbocycles. The number of hydrogen-bond acceptors (Lipinski definition) is 8. The highest BCUT2D eigenvalue weighted by molar-refractivity contribution is 6.06. The van der Waals surface area contributed by atoms with Gasteiger partial charge < -0.3 is 19.3 Å². The van der Waals surface area contributed by atoms with Crippen molar-refractivity contribution in [2.75, 3.05) is 19.8 Å². The summed E-state index contributed by atoms with van der Waals surface area (Å²) in [4.78, 5) is 51.7. The first kappa shape index (κ1) is 33.0. The largest absolute Gasteiger partial charge is 0.466 e. The Morgan fingerprint density at radius 1 is 0.657 bits per heavy atom. The van der Waals surface area contributed by atoms with Crippen molar-refractivity contribution >= 4 is 23.7 Å². The lowest BCUT2D eigenvalue weighted by atomic mass is 9.80. The first-order valence-electron chi connectivity index (χ1n) is 13.5. The van der Waals surface area contributed by atoms with Gasteiger partial charge in [-0.3, -0.25) is 14.4 Å². The number of aliphatic hydroxyl groups is 1. The van der Waals surface area contributed by atoms with Crippen molar-refractivity contribution in [2.45, 2.75) is 123 Å². The molecule has 0 heterocycles. The van der Waals surface area contributed by atoms with Crippen LogP contribution in [0.2, 0.25) is 0 Å². The van der Waals surface area contributed by atoms with Crippen LogP contribution >= 0.6 is 0 Å². The minimum atomic E-state index is -2.68. The van der Waals surface area contributed by atoms with E-state index in [0.717, 1.165) is 51.4 Å². The lowest BCUT2D eigenvalue weighted by Gasteiger charge is -2.31. The van der Waals surface area contributed by atoms with Crippen LogP contribution in [0.5, 0.6) is 0 Å². The van der Waals surface area contributed by atoms with Crippen LogP contribution in [0.15, 0.2) is 0 Å². The molecule has 0 fully saturated rings. The number of carbonyl (C=O) groups excluding carboxylic acids is 4. The SMILES string of the molecule is CCCCCCCCC(=O)C(C(=O)OCCCC)C(O)(CC(=O)OCCCC)C(=O)OCCCC. The van der Waals surface area contributed by atoms with E-state index in [0.29, 0.717) is 25.7 Å². The molecule has 8 nitrogen and oxygen atoms in total. The fraction of sp³-hybridized carbons (Fsp3) is 0.852. The zero-order chi connectivity index (χ0) is 26.5. The number of Topliss-reactive ketones (excluding diaryl/α,β-unsaturated/α-hetero) is 1. The Kier molecular flexibility index (Phi) is 19.1. The second kappa shape index (κ2) is 20.3. The first-order valence-corrected chi connectivity index (χ1v) is 13.5. The summed E-state index contributed by atoms with van der Waals surface area (Å²) >= 11 is 0. The minimum absolute atomic E-state index is 0.00486. The Morgan fingerprint density at radius 3 is 1.71 bits per heavy atom. The van der Waals surface area contributed by atoms with Gasteiger partial charge in [-0.2, -0.15) is 0 Å². The first-order chi connectivity index (χ1) is 16.8. The van der Waals surface area contributed by atoms with E-state index in [1.165, 1.54) is 0 Å². The van der Waals surface area contributed by atoms with Gasteiger partial charge in [0.2, 0.25) is 0 Å². The highest BCUT2D eigenvalue weighted by Gasteiger charge is 2.55. The summed E-state index contributed by atoms with van der Waals surface area (Å²) in [5.41, 5.74) is -2.68. The van der Waals surface area contributed by atoms with Gasteiger partial charge in [-0.05, 0) is 25.7 Å². The van der Waals surface area contributed by atoms with Crippen LogP contribution in [0.4, 0.5) is 0 Å². The summed E-state index contributed by atoms with van der Waals surface area (Å²) in [6, 6.07) is 0. The van der Waals surface area contributed by atoms with E-state index in [4.69, 9.17) is 14.2 Å². The predicted molar refractivity (Wildman–Crippen MR) is 134 cm³/mol. The second-order valence-electron chi connectivity index (χ2n) is 9.10. The number of esters is 3. The van der Waals surface area contributed by atoms with Crippen molar-refractivity contribution in [2.24, 2.45) is 5.92 Å². The normalized spacial score (nSPS) is 13.5. The zero-order valence-electron chi connectivity index (χ0n) is 22.4. The minimum Gasteiger partial charge on any atom is -0.466 e. The van der Waals surface area contributed by atoms with Crippen molar-refractivity contribution < 1.29 is 38.5 Å². The molecule has 0 aliphatic carbocycles. The maximum absolute atomic E-state index is 13.2. The van der Waals surface area contributed by atoms with Gasteiger partial charge in [0.15, 0.2) is 17.3 Å². The molecular formula is C27H48O8. The van der Waals surface area contributed by atoms with Gasteiger partial charge >= 0.3 is 17.9 Å². The monoisotopic (exact) mass is 500 g/mol. The van der Waals surface area contributed by atoms with E-state index >= 15 is 0 Å². The zero-order valence-corrected chi connectivity index (χ0v) is 22.4. The molecular weight excluding hydrogens is 452 g/mol. The topological polar surface area (TPSA) is 116 Å². The summed E-state index contributed by atoms with van der Waals surface area (Å²) < 4.78 is 15.6. The highest BCUT2D eigenvalue weighted by Crippen LogP contribution is 2.29. The third kappa shape index (κ3) is 13.6. The molecule has 0 aliphatic rings. The Balaban J connectivity index is 5.75. The van der Waals surface area contributed by atoms with Crippen molar-refractivity contribution in [1.82, 2.24) is 0 Å². The quantitative estimate of drug-likeness (QED) is 0.0947. The molecule has 2 unspecified atom stereocenters. The van der Waals surface area contributed by atoms with E-state index in [1.54, 1.807) is 0 Å². The molecule has 0 aromatic carbocycles. The molecule has 0 rings (SSSR count). The van der Waals surface area contributed by atoms with Crippen LogP contribution in [0.25, 0.3) is 0 Å². The average Bonchev–Trinajstić information content (AvgIpc) is 2.81. The standard InChI is InChI=1S/C27H48O8/c1-5-9-13-14-15-16-17-22(28)24(25(30)34-19-11-7-3)27(32,26(31)35-20-12-8-4)21-23(29)33-18-10-6-2/h24,32H,5-21H2,1-4H3. The van der Waals surface area contributed by atoms with Crippen LogP contribution in [-0.2, 0) is 33.4 Å². The summed E-state index contributed by atoms with van der Waals surface area (Å²) in [5, 5.41) is 11.4.